The average Bonchev–Trinajstić information content (AvgIpc) is 2.73. The summed E-state index contributed by atoms with van der Waals surface area (Å²) in [4.78, 5) is 24.2. The lowest BCUT2D eigenvalue weighted by Gasteiger charge is -2.26. The highest BCUT2D eigenvalue weighted by Crippen LogP contribution is 2.18. The fourth-order valence-electron chi connectivity index (χ4n) is 2.83. The van der Waals surface area contributed by atoms with Crippen LogP contribution in [0.4, 0.5) is 5.69 Å². The maximum Gasteiger partial charge on any atom is 0.338 e. The number of ether oxygens (including phenoxy) is 2. The van der Waals surface area contributed by atoms with E-state index >= 15 is 0 Å². The predicted octanol–water partition coefficient (Wildman–Crippen LogP) is 1.81. The van der Waals surface area contributed by atoms with Gasteiger partial charge in [-0.1, -0.05) is 12.1 Å². The minimum Gasteiger partial charge on any atom is -0.452 e. The van der Waals surface area contributed by atoms with Gasteiger partial charge in [0.05, 0.1) is 23.7 Å². The lowest BCUT2D eigenvalue weighted by Crippen LogP contribution is -2.40. The van der Waals surface area contributed by atoms with Gasteiger partial charge in [0, 0.05) is 18.8 Å². The van der Waals surface area contributed by atoms with Gasteiger partial charge in [0.1, 0.15) is 0 Å². The molecule has 1 aliphatic heterocycles. The van der Waals surface area contributed by atoms with Gasteiger partial charge in [-0.3, -0.25) is 4.79 Å². The number of nitrogens with zero attached hydrogens (tertiary/aromatic N) is 1. The van der Waals surface area contributed by atoms with E-state index in [2.05, 4.69) is 5.32 Å². The number of nitrogens with one attached hydrogen (secondary N) is 1. The van der Waals surface area contributed by atoms with Crippen LogP contribution in [-0.2, 0) is 24.3 Å². The number of anilines is 1. The molecule has 154 valence electrons. The van der Waals surface area contributed by atoms with Crippen molar-refractivity contribution in [1.29, 1.82) is 0 Å². The summed E-state index contributed by atoms with van der Waals surface area (Å²) in [7, 11) is -3.63. The first-order chi connectivity index (χ1) is 13.9. The summed E-state index contributed by atoms with van der Waals surface area (Å²) >= 11 is 0. The van der Waals surface area contributed by atoms with Crippen LogP contribution in [-0.4, -0.2) is 57.5 Å². The first-order valence-corrected chi connectivity index (χ1v) is 10.5. The number of carbonyl (C=O) groups excluding carboxylic acids is 2. The second-order valence-corrected chi connectivity index (χ2v) is 8.47. The van der Waals surface area contributed by atoms with Crippen molar-refractivity contribution in [3.05, 3.63) is 59.7 Å². The molecule has 2 aromatic carbocycles. The molecule has 0 saturated carbocycles. The zero-order chi connectivity index (χ0) is 20.9. The van der Waals surface area contributed by atoms with E-state index in [-0.39, 0.29) is 10.5 Å². The molecule has 0 spiro atoms. The molecular weight excluding hydrogens is 396 g/mol. The van der Waals surface area contributed by atoms with Crippen molar-refractivity contribution in [2.45, 2.75) is 11.8 Å². The third kappa shape index (κ3) is 5.41. The van der Waals surface area contributed by atoms with E-state index in [4.69, 9.17) is 9.47 Å². The maximum absolute atomic E-state index is 12.6. The fourth-order valence-corrected chi connectivity index (χ4v) is 4.24. The van der Waals surface area contributed by atoms with Crippen molar-refractivity contribution in [2.75, 3.05) is 38.2 Å². The number of amides is 1. The van der Waals surface area contributed by atoms with Crippen molar-refractivity contribution in [1.82, 2.24) is 4.31 Å². The summed E-state index contributed by atoms with van der Waals surface area (Å²) in [6.07, 6.45) is 0. The predicted molar refractivity (Wildman–Crippen MR) is 106 cm³/mol. The first kappa shape index (κ1) is 21.0. The van der Waals surface area contributed by atoms with Gasteiger partial charge in [-0.05, 0) is 48.9 Å². The molecule has 1 amide bonds. The summed E-state index contributed by atoms with van der Waals surface area (Å²) in [6.45, 7) is 2.76. The van der Waals surface area contributed by atoms with Crippen molar-refractivity contribution in [3.63, 3.8) is 0 Å². The Kier molecular flexibility index (Phi) is 6.63. The van der Waals surface area contributed by atoms with E-state index in [1.165, 1.54) is 28.6 Å². The summed E-state index contributed by atoms with van der Waals surface area (Å²) < 4.78 is 36.7. The van der Waals surface area contributed by atoms with Crippen LogP contribution < -0.4 is 5.32 Å². The zero-order valence-electron chi connectivity index (χ0n) is 16.0. The highest BCUT2D eigenvalue weighted by Gasteiger charge is 2.26. The third-order valence-corrected chi connectivity index (χ3v) is 6.25. The van der Waals surface area contributed by atoms with Gasteiger partial charge in [-0.25, -0.2) is 13.2 Å². The molecule has 1 N–H and O–H groups in total. The molecule has 0 aromatic heterocycles. The monoisotopic (exact) mass is 418 g/mol. The van der Waals surface area contributed by atoms with Crippen LogP contribution in [0.5, 0.6) is 0 Å². The van der Waals surface area contributed by atoms with Crippen molar-refractivity contribution < 1.29 is 27.5 Å². The number of hydrogen-bond donors (Lipinski definition) is 1. The fraction of sp³-hybridized carbons (Fsp3) is 0.300. The Balaban J connectivity index is 1.56. The average molecular weight is 418 g/mol. The molecule has 1 heterocycles. The van der Waals surface area contributed by atoms with Crippen LogP contribution in [0, 0.1) is 6.92 Å². The molecule has 8 nitrogen and oxygen atoms in total. The molecule has 1 aliphatic rings. The van der Waals surface area contributed by atoms with Crippen molar-refractivity contribution in [3.8, 4) is 0 Å². The van der Waals surface area contributed by atoms with E-state index in [0.29, 0.717) is 32.0 Å². The number of benzene rings is 2. The Hall–Kier alpha value is -2.75. The molecule has 0 aliphatic carbocycles. The lowest BCUT2D eigenvalue weighted by molar-refractivity contribution is -0.119. The van der Waals surface area contributed by atoms with Gasteiger partial charge in [-0.2, -0.15) is 4.31 Å². The Bertz CT molecular complexity index is 982. The van der Waals surface area contributed by atoms with Gasteiger partial charge in [0.25, 0.3) is 5.91 Å². The van der Waals surface area contributed by atoms with Crippen LogP contribution in [0.2, 0.25) is 0 Å². The molecule has 1 fully saturated rings. The Morgan fingerprint density at radius 2 is 1.79 bits per heavy atom. The molecule has 3 rings (SSSR count). The number of esters is 1. The highest BCUT2D eigenvalue weighted by atomic mass is 32.2. The number of aryl methyl sites for hydroxylation is 1. The number of hydrogen-bond acceptors (Lipinski definition) is 6. The Morgan fingerprint density at radius 1 is 1.10 bits per heavy atom. The van der Waals surface area contributed by atoms with Crippen molar-refractivity contribution in [2.24, 2.45) is 0 Å². The smallest absolute Gasteiger partial charge is 0.338 e. The van der Waals surface area contributed by atoms with Crippen LogP contribution in [0.3, 0.4) is 0 Å². The molecule has 9 heteroatoms. The van der Waals surface area contributed by atoms with Crippen LogP contribution >= 0.6 is 0 Å². The second-order valence-electron chi connectivity index (χ2n) is 6.53. The summed E-state index contributed by atoms with van der Waals surface area (Å²) in [5.41, 5.74) is 1.77. The third-order valence-electron chi connectivity index (χ3n) is 4.33. The molecule has 29 heavy (non-hydrogen) atoms. The lowest BCUT2D eigenvalue weighted by atomic mass is 10.2. The van der Waals surface area contributed by atoms with Gasteiger partial charge in [0.2, 0.25) is 10.0 Å². The minimum absolute atomic E-state index is 0.0909. The van der Waals surface area contributed by atoms with Crippen LogP contribution in [0.1, 0.15) is 15.9 Å². The minimum atomic E-state index is -3.63. The molecular formula is C20H22N2O6S. The summed E-state index contributed by atoms with van der Waals surface area (Å²) in [5.74, 6) is -1.17. The van der Waals surface area contributed by atoms with E-state index < -0.39 is 28.5 Å². The summed E-state index contributed by atoms with van der Waals surface area (Å²) in [6, 6.07) is 12.7. The molecule has 2 aromatic rings. The standard InChI is InChI=1S/C20H22N2O6S/c1-15-3-2-4-17(13-15)21-19(23)14-28-20(24)16-5-7-18(8-6-16)29(25,26)22-9-11-27-12-10-22/h2-8,13H,9-12,14H2,1H3,(H,21,23). The van der Waals surface area contributed by atoms with E-state index in [9.17, 15) is 18.0 Å². The van der Waals surface area contributed by atoms with Gasteiger partial charge in [0.15, 0.2) is 6.61 Å². The molecule has 1 saturated heterocycles. The van der Waals surface area contributed by atoms with Gasteiger partial charge in [-0.15, -0.1) is 0 Å². The van der Waals surface area contributed by atoms with E-state index in [0.717, 1.165) is 5.56 Å². The number of carbonyl (C=O) groups is 2. The quantitative estimate of drug-likeness (QED) is 0.718. The largest absolute Gasteiger partial charge is 0.452 e. The van der Waals surface area contributed by atoms with Crippen LogP contribution in [0.15, 0.2) is 53.4 Å². The number of sulfonamides is 1. The summed E-state index contributed by atoms with van der Waals surface area (Å²) in [5, 5.41) is 2.64. The van der Waals surface area contributed by atoms with E-state index in [1.54, 1.807) is 12.1 Å². The molecule has 0 unspecified atom stereocenters. The highest BCUT2D eigenvalue weighted by molar-refractivity contribution is 7.89. The van der Waals surface area contributed by atoms with Gasteiger partial charge < -0.3 is 14.8 Å². The molecule has 0 bridgehead atoms. The number of morpholine rings is 1. The molecule has 0 atom stereocenters. The van der Waals surface area contributed by atoms with E-state index in [1.807, 2.05) is 19.1 Å². The number of rotatable bonds is 6. The van der Waals surface area contributed by atoms with Crippen molar-refractivity contribution >= 4 is 27.6 Å². The Labute approximate surface area is 169 Å². The Morgan fingerprint density at radius 3 is 2.45 bits per heavy atom. The van der Waals surface area contributed by atoms with Gasteiger partial charge >= 0.3 is 5.97 Å². The second kappa shape index (κ2) is 9.17. The van der Waals surface area contributed by atoms with Crippen LogP contribution in [0.25, 0.3) is 0 Å². The SMILES string of the molecule is Cc1cccc(NC(=O)COC(=O)c2ccc(S(=O)(=O)N3CCOCC3)cc2)c1. The maximum atomic E-state index is 12.6. The first-order valence-electron chi connectivity index (χ1n) is 9.08. The topological polar surface area (TPSA) is 102 Å². The molecule has 0 radical (unpaired) electrons. The normalized spacial score (nSPS) is 14.9. The zero-order valence-corrected chi connectivity index (χ0v) is 16.8.